The zero-order valence-corrected chi connectivity index (χ0v) is 13.2. The number of carbonyl (C=O) groups is 1. The fourth-order valence-electron chi connectivity index (χ4n) is 2.81. The number of anilines is 1. The molecule has 0 unspecified atom stereocenters. The summed E-state index contributed by atoms with van der Waals surface area (Å²) in [7, 11) is 0. The van der Waals surface area contributed by atoms with Crippen molar-refractivity contribution >= 4 is 22.8 Å². The summed E-state index contributed by atoms with van der Waals surface area (Å²) in [5.41, 5.74) is 1.63. The molecule has 0 atom stereocenters. The van der Waals surface area contributed by atoms with Crippen molar-refractivity contribution in [2.24, 2.45) is 5.92 Å². The van der Waals surface area contributed by atoms with E-state index >= 15 is 0 Å². The lowest BCUT2D eigenvalue weighted by Gasteiger charge is -2.31. The number of benzene rings is 1. The number of fused-ring (bicyclic) bond motifs is 1. The molecule has 1 aromatic carbocycles. The number of nitrogens with zero attached hydrogens (tertiary/aromatic N) is 3. The number of rotatable bonds is 5. The molecular weight excluding hydrogens is 294 g/mol. The summed E-state index contributed by atoms with van der Waals surface area (Å²) in [5.74, 6) is 0.289. The molecule has 6 nitrogen and oxygen atoms in total. The fraction of sp³-hybridized carbons (Fsp3) is 0.471. The van der Waals surface area contributed by atoms with Crippen molar-refractivity contribution in [3.05, 3.63) is 24.3 Å². The topological polar surface area (TPSA) is 75.6 Å². The molecule has 1 aliphatic rings. The fourth-order valence-corrected chi connectivity index (χ4v) is 2.81. The van der Waals surface area contributed by atoms with Gasteiger partial charge in [0.2, 0.25) is 0 Å². The van der Waals surface area contributed by atoms with Crippen molar-refractivity contribution in [2.45, 2.75) is 26.2 Å². The minimum absolute atomic E-state index is 0.264. The zero-order chi connectivity index (χ0) is 16.2. The highest BCUT2D eigenvalue weighted by molar-refractivity contribution is 5.77. The quantitative estimate of drug-likeness (QED) is 0.914. The molecule has 2 aromatic rings. The zero-order valence-electron chi connectivity index (χ0n) is 13.2. The van der Waals surface area contributed by atoms with Gasteiger partial charge in [0.1, 0.15) is 0 Å². The molecule has 1 aliphatic heterocycles. The summed E-state index contributed by atoms with van der Waals surface area (Å²) in [4.78, 5) is 22.5. The highest BCUT2D eigenvalue weighted by Gasteiger charge is 2.27. The van der Waals surface area contributed by atoms with Crippen LogP contribution in [0.4, 0.5) is 5.82 Å². The second-order valence-corrected chi connectivity index (χ2v) is 5.79. The van der Waals surface area contributed by atoms with E-state index in [0.717, 1.165) is 23.3 Å². The molecule has 0 saturated carbocycles. The standard InChI is InChI=1S/C17H21N3O3/c1-2-11-23-16-15(18-13-5-3-4-6-14(13)19-16)20-9-7-12(8-10-20)17(21)22/h3-6,12H,2,7-11H2,1H3,(H,21,22). The maximum absolute atomic E-state index is 11.1. The molecule has 6 heteroatoms. The van der Waals surface area contributed by atoms with E-state index < -0.39 is 5.97 Å². The number of aromatic nitrogens is 2. The van der Waals surface area contributed by atoms with E-state index in [0.29, 0.717) is 38.4 Å². The lowest BCUT2D eigenvalue weighted by Crippen LogP contribution is -2.37. The first-order chi connectivity index (χ1) is 11.2. The summed E-state index contributed by atoms with van der Waals surface area (Å²) < 4.78 is 5.79. The summed E-state index contributed by atoms with van der Waals surface area (Å²) in [5, 5.41) is 9.14. The average molecular weight is 315 g/mol. The van der Waals surface area contributed by atoms with Gasteiger partial charge in [0.15, 0.2) is 5.82 Å². The third-order valence-corrected chi connectivity index (χ3v) is 4.11. The van der Waals surface area contributed by atoms with Crippen LogP contribution in [0.1, 0.15) is 26.2 Å². The van der Waals surface area contributed by atoms with Crippen LogP contribution in [0.3, 0.4) is 0 Å². The maximum atomic E-state index is 11.1. The number of aliphatic carboxylic acids is 1. The van der Waals surface area contributed by atoms with Gasteiger partial charge in [-0.15, -0.1) is 0 Å². The molecule has 0 radical (unpaired) electrons. The van der Waals surface area contributed by atoms with Gasteiger partial charge in [0, 0.05) is 13.1 Å². The Morgan fingerprint density at radius 2 is 1.91 bits per heavy atom. The molecule has 1 aromatic heterocycles. The van der Waals surface area contributed by atoms with Crippen molar-refractivity contribution in [3.8, 4) is 5.88 Å². The molecule has 1 fully saturated rings. The Hall–Kier alpha value is -2.37. The molecular formula is C17H21N3O3. The number of carboxylic acid groups (broad SMARTS) is 1. The predicted octanol–water partition coefficient (Wildman–Crippen LogP) is 2.72. The second-order valence-electron chi connectivity index (χ2n) is 5.79. The van der Waals surface area contributed by atoms with Gasteiger partial charge in [-0.1, -0.05) is 19.1 Å². The predicted molar refractivity (Wildman–Crippen MR) is 87.9 cm³/mol. The summed E-state index contributed by atoms with van der Waals surface area (Å²) in [6, 6.07) is 7.71. The van der Waals surface area contributed by atoms with Crippen LogP contribution in [-0.4, -0.2) is 40.7 Å². The van der Waals surface area contributed by atoms with Gasteiger partial charge in [-0.05, 0) is 31.4 Å². The van der Waals surface area contributed by atoms with Gasteiger partial charge >= 0.3 is 5.97 Å². The Balaban J connectivity index is 1.90. The first-order valence-corrected chi connectivity index (χ1v) is 8.06. The van der Waals surface area contributed by atoms with Gasteiger partial charge in [-0.3, -0.25) is 4.79 Å². The summed E-state index contributed by atoms with van der Waals surface area (Å²) >= 11 is 0. The Kier molecular flexibility index (Phi) is 4.60. The first-order valence-electron chi connectivity index (χ1n) is 8.06. The Morgan fingerprint density at radius 1 is 1.26 bits per heavy atom. The lowest BCUT2D eigenvalue weighted by atomic mass is 9.97. The molecule has 23 heavy (non-hydrogen) atoms. The van der Waals surface area contributed by atoms with E-state index in [1.54, 1.807) is 0 Å². The minimum atomic E-state index is -0.711. The number of carboxylic acids is 1. The van der Waals surface area contributed by atoms with Crippen molar-refractivity contribution < 1.29 is 14.6 Å². The molecule has 0 spiro atoms. The van der Waals surface area contributed by atoms with Gasteiger partial charge < -0.3 is 14.7 Å². The van der Waals surface area contributed by atoms with Crippen molar-refractivity contribution in [1.82, 2.24) is 9.97 Å². The van der Waals surface area contributed by atoms with Crippen molar-refractivity contribution in [1.29, 1.82) is 0 Å². The van der Waals surface area contributed by atoms with Crippen LogP contribution >= 0.6 is 0 Å². The molecule has 1 saturated heterocycles. The summed E-state index contributed by atoms with van der Waals surface area (Å²) in [6.07, 6.45) is 2.14. The van der Waals surface area contributed by atoms with E-state index in [4.69, 9.17) is 14.8 Å². The van der Waals surface area contributed by atoms with Crippen LogP contribution in [-0.2, 0) is 4.79 Å². The number of hydrogen-bond acceptors (Lipinski definition) is 5. The molecule has 3 rings (SSSR count). The minimum Gasteiger partial charge on any atom is -0.481 e. The van der Waals surface area contributed by atoms with Crippen LogP contribution in [0.15, 0.2) is 24.3 Å². The van der Waals surface area contributed by atoms with Crippen LogP contribution in [0.2, 0.25) is 0 Å². The Morgan fingerprint density at radius 3 is 2.52 bits per heavy atom. The smallest absolute Gasteiger partial charge is 0.306 e. The van der Waals surface area contributed by atoms with Gasteiger partial charge in [0.05, 0.1) is 23.6 Å². The third-order valence-electron chi connectivity index (χ3n) is 4.11. The highest BCUT2D eigenvalue weighted by Crippen LogP contribution is 2.30. The van der Waals surface area contributed by atoms with Crippen molar-refractivity contribution in [3.63, 3.8) is 0 Å². The number of para-hydroxylation sites is 2. The second kappa shape index (κ2) is 6.81. The monoisotopic (exact) mass is 315 g/mol. The molecule has 122 valence electrons. The lowest BCUT2D eigenvalue weighted by molar-refractivity contribution is -0.142. The molecule has 0 aliphatic carbocycles. The molecule has 0 amide bonds. The van der Waals surface area contributed by atoms with Crippen LogP contribution in [0.5, 0.6) is 5.88 Å². The first kappa shape index (κ1) is 15.5. The Labute approximate surface area is 135 Å². The van der Waals surface area contributed by atoms with Crippen LogP contribution in [0.25, 0.3) is 11.0 Å². The van der Waals surface area contributed by atoms with E-state index in [2.05, 4.69) is 9.88 Å². The van der Waals surface area contributed by atoms with E-state index in [-0.39, 0.29) is 5.92 Å². The molecule has 1 N–H and O–H groups in total. The maximum Gasteiger partial charge on any atom is 0.306 e. The highest BCUT2D eigenvalue weighted by atomic mass is 16.5. The van der Waals surface area contributed by atoms with E-state index in [1.807, 2.05) is 31.2 Å². The molecule has 0 bridgehead atoms. The van der Waals surface area contributed by atoms with Crippen molar-refractivity contribution in [2.75, 3.05) is 24.6 Å². The average Bonchev–Trinajstić information content (AvgIpc) is 2.59. The number of hydrogen-bond donors (Lipinski definition) is 1. The van der Waals surface area contributed by atoms with Gasteiger partial charge in [0.25, 0.3) is 5.88 Å². The Bertz CT molecular complexity index is 697. The normalized spacial score (nSPS) is 15.8. The SMILES string of the molecule is CCCOc1nc2ccccc2nc1N1CCC(C(=O)O)CC1. The van der Waals surface area contributed by atoms with Crippen LogP contribution in [0, 0.1) is 5.92 Å². The van der Waals surface area contributed by atoms with Gasteiger partial charge in [-0.2, -0.15) is 0 Å². The largest absolute Gasteiger partial charge is 0.481 e. The summed E-state index contributed by atoms with van der Waals surface area (Å²) in [6.45, 7) is 3.96. The number of ether oxygens (including phenoxy) is 1. The van der Waals surface area contributed by atoms with E-state index in [1.165, 1.54) is 0 Å². The molecule has 2 heterocycles. The van der Waals surface area contributed by atoms with E-state index in [9.17, 15) is 4.79 Å². The third kappa shape index (κ3) is 3.36. The number of piperidine rings is 1. The van der Waals surface area contributed by atoms with Crippen LogP contribution < -0.4 is 9.64 Å². The van der Waals surface area contributed by atoms with Gasteiger partial charge in [-0.25, -0.2) is 9.97 Å².